The molecule has 4 nitrogen and oxygen atoms in total. The van der Waals surface area contributed by atoms with E-state index in [2.05, 4.69) is 15.6 Å². The van der Waals surface area contributed by atoms with E-state index in [1.807, 2.05) is 60.7 Å². The van der Waals surface area contributed by atoms with Crippen LogP contribution in [0.1, 0.15) is 5.56 Å². The fraction of sp³-hybridized carbons (Fsp3) is 0. The van der Waals surface area contributed by atoms with E-state index < -0.39 is 0 Å². The molecule has 2 aromatic rings. The molecule has 0 bridgehead atoms. The van der Waals surface area contributed by atoms with Crippen LogP contribution in [0.4, 0.5) is 5.69 Å². The zero-order valence-electron chi connectivity index (χ0n) is 9.17. The highest BCUT2D eigenvalue weighted by Gasteiger charge is 2.00. The Morgan fingerprint density at radius 2 is 1.47 bits per heavy atom. The number of anilines is 1. The third-order valence-electron chi connectivity index (χ3n) is 2.20. The predicted octanol–water partition coefficient (Wildman–Crippen LogP) is 3.49. The molecule has 0 amide bonds. The maximum absolute atomic E-state index is 7.12. The second kappa shape index (κ2) is 5.55. The van der Waals surface area contributed by atoms with Crippen LogP contribution in [-0.2, 0) is 0 Å². The number of amidine groups is 1. The first-order chi connectivity index (χ1) is 8.40. The van der Waals surface area contributed by atoms with Gasteiger partial charge in [-0.15, -0.1) is 5.11 Å². The number of hydrazone groups is 1. The van der Waals surface area contributed by atoms with E-state index in [1.54, 1.807) is 0 Å². The molecule has 0 fully saturated rings. The summed E-state index contributed by atoms with van der Waals surface area (Å²) in [5.41, 5.74) is 11.7. The van der Waals surface area contributed by atoms with Crippen LogP contribution >= 0.6 is 0 Å². The Labute approximate surface area is 99.5 Å². The van der Waals surface area contributed by atoms with Crippen LogP contribution in [0.2, 0.25) is 0 Å². The minimum atomic E-state index is 0.356. The summed E-state index contributed by atoms with van der Waals surface area (Å²) in [5, 5.41) is 7.51. The number of nitrogens with zero attached hydrogens (tertiary/aromatic N) is 2. The number of rotatable bonds is 3. The number of para-hydroxylation sites is 1. The van der Waals surface area contributed by atoms with Crippen molar-refractivity contribution in [1.29, 1.82) is 5.53 Å². The summed E-state index contributed by atoms with van der Waals surface area (Å²) in [6, 6.07) is 19.0. The molecule has 17 heavy (non-hydrogen) atoms. The summed E-state index contributed by atoms with van der Waals surface area (Å²) >= 11 is 0. The lowest BCUT2D eigenvalue weighted by Crippen LogP contribution is -2.00. The molecule has 0 spiro atoms. The second-order valence-corrected chi connectivity index (χ2v) is 3.39. The molecular weight excluding hydrogens is 212 g/mol. The Balaban J connectivity index is 2.17. The van der Waals surface area contributed by atoms with E-state index in [1.165, 1.54) is 0 Å². The van der Waals surface area contributed by atoms with Gasteiger partial charge in [-0.25, -0.2) is 5.53 Å². The highest BCUT2D eigenvalue weighted by Crippen LogP contribution is 2.07. The van der Waals surface area contributed by atoms with Gasteiger partial charge in [-0.05, 0) is 12.1 Å². The average Bonchev–Trinajstić information content (AvgIpc) is 2.42. The molecule has 0 aliphatic heterocycles. The summed E-state index contributed by atoms with van der Waals surface area (Å²) < 4.78 is 0. The molecule has 84 valence electrons. The summed E-state index contributed by atoms with van der Waals surface area (Å²) in [7, 11) is 0. The Kier molecular flexibility index (Phi) is 3.60. The predicted molar refractivity (Wildman–Crippen MR) is 68.2 cm³/mol. The molecule has 0 atom stereocenters. The molecule has 0 saturated heterocycles. The summed E-state index contributed by atoms with van der Waals surface area (Å²) in [5.74, 6) is 0.356. The maximum Gasteiger partial charge on any atom is 0.200 e. The normalized spacial score (nSPS) is 10.9. The van der Waals surface area contributed by atoms with Crippen molar-refractivity contribution in [1.82, 2.24) is 0 Å². The van der Waals surface area contributed by atoms with E-state index in [0.717, 1.165) is 11.3 Å². The molecule has 2 rings (SSSR count). The standard InChI is InChI=1S/C13H12N4/c14-15-13(11-7-3-1-4-8-11)17-16-12-9-5-2-6-10-12/h1-10,14,16H. The summed E-state index contributed by atoms with van der Waals surface area (Å²) in [6.45, 7) is 0. The van der Waals surface area contributed by atoms with Gasteiger partial charge < -0.3 is 0 Å². The largest absolute Gasteiger partial charge is 0.276 e. The van der Waals surface area contributed by atoms with E-state index in [9.17, 15) is 0 Å². The number of hydrogen-bond acceptors (Lipinski definition) is 3. The zero-order chi connectivity index (χ0) is 11.9. The molecule has 2 aromatic carbocycles. The van der Waals surface area contributed by atoms with Crippen molar-refractivity contribution in [2.24, 2.45) is 10.2 Å². The molecule has 0 radical (unpaired) electrons. The molecule has 2 N–H and O–H groups in total. The minimum Gasteiger partial charge on any atom is -0.276 e. The third-order valence-corrected chi connectivity index (χ3v) is 2.20. The van der Waals surface area contributed by atoms with Gasteiger partial charge >= 0.3 is 0 Å². The minimum absolute atomic E-state index is 0.356. The van der Waals surface area contributed by atoms with E-state index in [-0.39, 0.29) is 0 Å². The fourth-order valence-corrected chi connectivity index (χ4v) is 1.37. The van der Waals surface area contributed by atoms with Crippen LogP contribution in [0.25, 0.3) is 0 Å². The number of benzene rings is 2. The molecule has 0 heterocycles. The quantitative estimate of drug-likeness (QED) is 0.356. The van der Waals surface area contributed by atoms with Gasteiger partial charge in [0.1, 0.15) is 0 Å². The van der Waals surface area contributed by atoms with Crippen LogP contribution in [0.5, 0.6) is 0 Å². The molecule has 0 aromatic heterocycles. The SMILES string of the molecule is N=NC(=NNc1ccccc1)c1ccccc1. The van der Waals surface area contributed by atoms with Gasteiger partial charge in [0, 0.05) is 5.56 Å². The van der Waals surface area contributed by atoms with Crippen molar-refractivity contribution < 1.29 is 0 Å². The fourth-order valence-electron chi connectivity index (χ4n) is 1.37. The summed E-state index contributed by atoms with van der Waals surface area (Å²) in [6.07, 6.45) is 0. The number of nitrogens with one attached hydrogen (secondary N) is 2. The Bertz CT molecular complexity index is 505. The first-order valence-corrected chi connectivity index (χ1v) is 5.22. The van der Waals surface area contributed by atoms with Crippen molar-refractivity contribution in [3.05, 3.63) is 66.2 Å². The van der Waals surface area contributed by atoms with Gasteiger partial charge in [-0.1, -0.05) is 48.5 Å². The van der Waals surface area contributed by atoms with E-state index in [4.69, 9.17) is 5.53 Å². The topological polar surface area (TPSA) is 60.6 Å². The lowest BCUT2D eigenvalue weighted by Gasteiger charge is -2.01. The van der Waals surface area contributed by atoms with Gasteiger partial charge in [0.25, 0.3) is 0 Å². The van der Waals surface area contributed by atoms with Crippen LogP contribution in [-0.4, -0.2) is 5.84 Å². The smallest absolute Gasteiger partial charge is 0.200 e. The lowest BCUT2D eigenvalue weighted by molar-refractivity contribution is 1.16. The first kappa shape index (κ1) is 11.0. The van der Waals surface area contributed by atoms with Gasteiger partial charge in [-0.3, -0.25) is 5.43 Å². The highest BCUT2D eigenvalue weighted by molar-refractivity contribution is 5.99. The van der Waals surface area contributed by atoms with Gasteiger partial charge in [-0.2, -0.15) is 5.10 Å². The molecule has 0 aliphatic carbocycles. The van der Waals surface area contributed by atoms with Crippen LogP contribution in [0, 0.1) is 5.53 Å². The maximum atomic E-state index is 7.12. The van der Waals surface area contributed by atoms with Crippen molar-refractivity contribution in [3.8, 4) is 0 Å². The second-order valence-electron chi connectivity index (χ2n) is 3.39. The zero-order valence-corrected chi connectivity index (χ0v) is 9.17. The monoisotopic (exact) mass is 224 g/mol. The lowest BCUT2D eigenvalue weighted by atomic mass is 10.2. The summed E-state index contributed by atoms with van der Waals surface area (Å²) in [4.78, 5) is 0. The molecule has 0 aliphatic rings. The van der Waals surface area contributed by atoms with Crippen LogP contribution in [0.15, 0.2) is 70.9 Å². The van der Waals surface area contributed by atoms with E-state index >= 15 is 0 Å². The molecule has 4 heteroatoms. The van der Waals surface area contributed by atoms with Gasteiger partial charge in [0.2, 0.25) is 0 Å². The average molecular weight is 224 g/mol. The Morgan fingerprint density at radius 1 is 0.882 bits per heavy atom. The van der Waals surface area contributed by atoms with Crippen LogP contribution < -0.4 is 5.43 Å². The van der Waals surface area contributed by atoms with Crippen LogP contribution in [0.3, 0.4) is 0 Å². The number of hydrogen-bond donors (Lipinski definition) is 2. The molecule has 0 saturated carbocycles. The molecule has 0 unspecified atom stereocenters. The van der Waals surface area contributed by atoms with Crippen molar-refractivity contribution >= 4 is 11.5 Å². The van der Waals surface area contributed by atoms with E-state index in [0.29, 0.717) is 5.84 Å². The Hall–Kier alpha value is -2.49. The van der Waals surface area contributed by atoms with Gasteiger partial charge in [0.05, 0.1) is 5.69 Å². The third kappa shape index (κ3) is 2.98. The van der Waals surface area contributed by atoms with Crippen molar-refractivity contribution in [2.45, 2.75) is 0 Å². The van der Waals surface area contributed by atoms with Gasteiger partial charge in [0.15, 0.2) is 5.84 Å². The molecular formula is C13H12N4. The Morgan fingerprint density at radius 3 is 2.06 bits per heavy atom. The first-order valence-electron chi connectivity index (χ1n) is 5.22. The highest BCUT2D eigenvalue weighted by atomic mass is 15.3. The van der Waals surface area contributed by atoms with Crippen molar-refractivity contribution in [3.63, 3.8) is 0 Å². The van der Waals surface area contributed by atoms with Crippen molar-refractivity contribution in [2.75, 3.05) is 5.43 Å².